The van der Waals surface area contributed by atoms with Gasteiger partial charge in [-0.3, -0.25) is 0 Å². The average Bonchev–Trinajstić information content (AvgIpc) is 2.25. The maximum Gasteiger partial charge on any atom is 0.129 e. The number of rotatable bonds is 3. The predicted molar refractivity (Wildman–Crippen MR) is 69.8 cm³/mol. The molecule has 1 heterocycles. The molecule has 0 amide bonds. The van der Waals surface area contributed by atoms with E-state index < -0.39 is 0 Å². The van der Waals surface area contributed by atoms with Gasteiger partial charge < -0.3 is 4.74 Å². The lowest BCUT2D eigenvalue weighted by atomic mass is 10.2. The highest BCUT2D eigenvalue weighted by Crippen LogP contribution is 2.21. The molecule has 1 aromatic carbocycles. The van der Waals surface area contributed by atoms with Crippen molar-refractivity contribution in [3.05, 3.63) is 57.8 Å². The Morgan fingerprint density at radius 3 is 2.71 bits per heavy atom. The van der Waals surface area contributed by atoms with E-state index in [2.05, 4.69) is 4.98 Å². The van der Waals surface area contributed by atoms with E-state index in [1.54, 1.807) is 18.3 Å². The van der Waals surface area contributed by atoms with Gasteiger partial charge in [-0.15, -0.1) is 0 Å². The van der Waals surface area contributed by atoms with E-state index in [-0.39, 0.29) is 0 Å². The van der Waals surface area contributed by atoms with Gasteiger partial charge in [0.2, 0.25) is 0 Å². The smallest absolute Gasteiger partial charge is 0.129 e. The van der Waals surface area contributed by atoms with E-state index in [0.29, 0.717) is 16.8 Å². The molecule has 0 fully saturated rings. The summed E-state index contributed by atoms with van der Waals surface area (Å²) in [6.07, 6.45) is 1.66. The van der Waals surface area contributed by atoms with E-state index in [1.165, 1.54) is 0 Å². The first-order valence-electron chi connectivity index (χ1n) is 5.14. The van der Waals surface area contributed by atoms with Crippen molar-refractivity contribution >= 4 is 23.2 Å². The molecular formula is C13H11Cl2NO. The Kier molecular flexibility index (Phi) is 3.87. The monoisotopic (exact) mass is 267 g/mol. The van der Waals surface area contributed by atoms with E-state index in [9.17, 15) is 0 Å². The summed E-state index contributed by atoms with van der Waals surface area (Å²) >= 11 is 11.7. The number of hydrogen-bond acceptors (Lipinski definition) is 2. The molecule has 1 aromatic heterocycles. The predicted octanol–water partition coefficient (Wildman–Crippen LogP) is 4.28. The van der Waals surface area contributed by atoms with E-state index in [4.69, 9.17) is 27.9 Å². The van der Waals surface area contributed by atoms with Gasteiger partial charge in [0.15, 0.2) is 0 Å². The quantitative estimate of drug-likeness (QED) is 0.775. The molecule has 4 heteroatoms. The Hall–Kier alpha value is -1.25. The second-order valence-electron chi connectivity index (χ2n) is 3.74. The number of aryl methyl sites for hydroxylation is 1. The summed E-state index contributed by atoms with van der Waals surface area (Å²) in [5.74, 6) is 0.753. The van der Waals surface area contributed by atoms with Gasteiger partial charge in [-0.25, -0.2) is 4.98 Å². The molecule has 0 spiro atoms. The van der Waals surface area contributed by atoms with Crippen LogP contribution < -0.4 is 4.74 Å². The fourth-order valence-corrected chi connectivity index (χ4v) is 1.96. The largest absolute Gasteiger partial charge is 0.489 e. The van der Waals surface area contributed by atoms with Crippen molar-refractivity contribution < 1.29 is 4.74 Å². The summed E-state index contributed by atoms with van der Waals surface area (Å²) in [6.45, 7) is 2.42. The third kappa shape index (κ3) is 3.62. The zero-order chi connectivity index (χ0) is 12.3. The van der Waals surface area contributed by atoms with Crippen LogP contribution in [0.15, 0.2) is 36.5 Å². The maximum absolute atomic E-state index is 5.95. The van der Waals surface area contributed by atoms with Crippen LogP contribution in [-0.4, -0.2) is 4.98 Å². The van der Waals surface area contributed by atoms with Crippen molar-refractivity contribution in [3.8, 4) is 5.75 Å². The fraction of sp³-hybridized carbons (Fsp3) is 0.154. The summed E-state index contributed by atoms with van der Waals surface area (Å²) in [5.41, 5.74) is 2.04. The molecule has 0 bridgehead atoms. The van der Waals surface area contributed by atoms with Crippen molar-refractivity contribution in [3.63, 3.8) is 0 Å². The second-order valence-corrected chi connectivity index (χ2v) is 4.56. The van der Waals surface area contributed by atoms with Crippen LogP contribution in [-0.2, 0) is 6.61 Å². The van der Waals surface area contributed by atoms with Crippen LogP contribution >= 0.6 is 23.2 Å². The number of pyridine rings is 1. The molecule has 0 aliphatic carbocycles. The molecule has 0 saturated carbocycles. The number of nitrogens with zero attached hydrogens (tertiary/aromatic N) is 1. The lowest BCUT2D eigenvalue weighted by Gasteiger charge is -2.07. The summed E-state index contributed by atoms with van der Waals surface area (Å²) in [7, 11) is 0. The minimum atomic E-state index is 0.446. The Balaban J connectivity index is 2.07. The highest BCUT2D eigenvalue weighted by molar-refractivity contribution is 6.30. The van der Waals surface area contributed by atoms with Crippen molar-refractivity contribution in [2.45, 2.75) is 13.5 Å². The molecule has 0 atom stereocenters. The van der Waals surface area contributed by atoms with Gasteiger partial charge in [0.25, 0.3) is 0 Å². The Morgan fingerprint density at radius 1 is 1.18 bits per heavy atom. The molecular weight excluding hydrogens is 257 g/mol. The molecule has 2 aromatic rings. The molecule has 88 valence electrons. The summed E-state index contributed by atoms with van der Waals surface area (Å²) in [4.78, 5) is 3.91. The third-order valence-corrected chi connectivity index (χ3v) is 2.64. The van der Waals surface area contributed by atoms with Crippen LogP contribution in [0.4, 0.5) is 0 Å². The minimum Gasteiger partial charge on any atom is -0.489 e. The highest BCUT2D eigenvalue weighted by atomic mass is 35.5. The van der Waals surface area contributed by atoms with E-state index in [1.807, 2.05) is 25.1 Å². The Morgan fingerprint density at radius 2 is 2.00 bits per heavy atom. The lowest BCUT2D eigenvalue weighted by Crippen LogP contribution is -1.96. The maximum atomic E-state index is 5.95. The van der Waals surface area contributed by atoms with E-state index >= 15 is 0 Å². The standard InChI is InChI=1S/C13H11Cl2NO/c1-9-4-11(14)7-12(5-9)17-8-10-2-3-16-13(15)6-10/h2-7H,8H2,1H3. The molecule has 0 unspecified atom stereocenters. The summed E-state index contributed by atoms with van der Waals surface area (Å²) < 4.78 is 5.64. The number of hydrogen-bond donors (Lipinski definition) is 0. The first kappa shape index (κ1) is 12.2. The SMILES string of the molecule is Cc1cc(Cl)cc(OCc2ccnc(Cl)c2)c1. The highest BCUT2D eigenvalue weighted by Gasteiger charge is 2.00. The first-order chi connectivity index (χ1) is 8.13. The number of benzene rings is 1. The molecule has 0 saturated heterocycles. The molecule has 0 N–H and O–H groups in total. The number of aromatic nitrogens is 1. The van der Waals surface area contributed by atoms with Crippen molar-refractivity contribution in [2.24, 2.45) is 0 Å². The summed E-state index contributed by atoms with van der Waals surface area (Å²) in [5, 5.41) is 1.14. The molecule has 0 aliphatic heterocycles. The van der Waals surface area contributed by atoms with Gasteiger partial charge in [-0.1, -0.05) is 23.2 Å². The number of halogens is 2. The number of ether oxygens (including phenoxy) is 1. The van der Waals surface area contributed by atoms with Crippen LogP contribution in [0.25, 0.3) is 0 Å². The molecule has 2 nitrogen and oxygen atoms in total. The lowest BCUT2D eigenvalue weighted by molar-refractivity contribution is 0.306. The van der Waals surface area contributed by atoms with Gasteiger partial charge in [0, 0.05) is 11.2 Å². The minimum absolute atomic E-state index is 0.446. The Bertz CT molecular complexity index is 508. The van der Waals surface area contributed by atoms with Crippen molar-refractivity contribution in [1.82, 2.24) is 4.98 Å². The van der Waals surface area contributed by atoms with Crippen LogP contribution in [0.2, 0.25) is 10.2 Å². The average molecular weight is 268 g/mol. The zero-order valence-corrected chi connectivity index (χ0v) is 10.8. The van der Waals surface area contributed by atoms with Crippen molar-refractivity contribution in [1.29, 1.82) is 0 Å². The van der Waals surface area contributed by atoms with Gasteiger partial charge in [0.1, 0.15) is 17.5 Å². The van der Waals surface area contributed by atoms with Gasteiger partial charge >= 0.3 is 0 Å². The first-order valence-corrected chi connectivity index (χ1v) is 5.89. The molecule has 17 heavy (non-hydrogen) atoms. The zero-order valence-electron chi connectivity index (χ0n) is 9.28. The van der Waals surface area contributed by atoms with Gasteiger partial charge in [-0.05, 0) is 48.4 Å². The Labute approximate surface area is 110 Å². The normalized spacial score (nSPS) is 10.3. The van der Waals surface area contributed by atoms with Crippen LogP contribution in [0, 0.1) is 6.92 Å². The van der Waals surface area contributed by atoms with E-state index in [0.717, 1.165) is 16.9 Å². The molecule has 0 aliphatic rings. The van der Waals surface area contributed by atoms with Crippen molar-refractivity contribution in [2.75, 3.05) is 0 Å². The van der Waals surface area contributed by atoms with Gasteiger partial charge in [0.05, 0.1) is 0 Å². The summed E-state index contributed by atoms with van der Waals surface area (Å²) in [6, 6.07) is 9.26. The van der Waals surface area contributed by atoms with Crippen LogP contribution in [0.1, 0.15) is 11.1 Å². The molecule has 2 rings (SSSR count). The molecule has 0 radical (unpaired) electrons. The second kappa shape index (κ2) is 5.39. The third-order valence-electron chi connectivity index (χ3n) is 2.21. The van der Waals surface area contributed by atoms with Crippen LogP contribution in [0.3, 0.4) is 0 Å². The van der Waals surface area contributed by atoms with Crippen LogP contribution in [0.5, 0.6) is 5.75 Å². The van der Waals surface area contributed by atoms with Gasteiger partial charge in [-0.2, -0.15) is 0 Å². The fourth-order valence-electron chi connectivity index (χ4n) is 1.49. The topological polar surface area (TPSA) is 22.1 Å².